The van der Waals surface area contributed by atoms with E-state index in [0.29, 0.717) is 22.8 Å². The number of ketones is 1. The predicted molar refractivity (Wildman–Crippen MR) is 99.7 cm³/mol. The summed E-state index contributed by atoms with van der Waals surface area (Å²) in [4.78, 5) is 12.7. The Morgan fingerprint density at radius 1 is 0.960 bits per heavy atom. The van der Waals surface area contributed by atoms with Crippen LogP contribution in [0.3, 0.4) is 0 Å². The van der Waals surface area contributed by atoms with Gasteiger partial charge in [0.25, 0.3) is 0 Å². The summed E-state index contributed by atoms with van der Waals surface area (Å²) >= 11 is 6.13. The normalized spacial score (nSPS) is 15.2. The van der Waals surface area contributed by atoms with Gasteiger partial charge in [-0.1, -0.05) is 60.1 Å². The van der Waals surface area contributed by atoms with Gasteiger partial charge in [0.15, 0.2) is 11.5 Å². The van der Waals surface area contributed by atoms with Crippen molar-refractivity contribution in [2.75, 3.05) is 5.32 Å². The molecule has 3 aromatic carbocycles. The molecule has 0 radical (unpaired) electrons. The topological polar surface area (TPSA) is 38.3 Å². The van der Waals surface area contributed by atoms with Crippen molar-refractivity contribution in [2.45, 2.75) is 12.5 Å². The number of hydrogen-bond donors (Lipinski definition) is 1. The van der Waals surface area contributed by atoms with Gasteiger partial charge in [0.05, 0.1) is 11.7 Å². The van der Waals surface area contributed by atoms with Crippen LogP contribution in [-0.4, -0.2) is 5.78 Å². The molecular weight excluding hydrogens is 334 g/mol. The van der Waals surface area contributed by atoms with Crippen LogP contribution in [0, 0.1) is 0 Å². The molecule has 4 heteroatoms. The summed E-state index contributed by atoms with van der Waals surface area (Å²) in [5, 5.41) is 4.05. The number of rotatable bonds is 3. The number of carbonyl (C=O) groups is 1. The maximum Gasteiger partial charge on any atom is 0.165 e. The Morgan fingerprint density at radius 2 is 1.72 bits per heavy atom. The zero-order valence-corrected chi connectivity index (χ0v) is 14.2. The Kier molecular flexibility index (Phi) is 4.16. The van der Waals surface area contributed by atoms with Crippen molar-refractivity contribution in [3.8, 4) is 11.5 Å². The third-order valence-electron chi connectivity index (χ3n) is 4.27. The number of Topliss-reactive ketones (excluding diaryl/α,β-unsaturated/α-hetero) is 1. The summed E-state index contributed by atoms with van der Waals surface area (Å²) in [5.41, 5.74) is 2.45. The lowest BCUT2D eigenvalue weighted by molar-refractivity contribution is 0.0976. The van der Waals surface area contributed by atoms with Gasteiger partial charge in [0.1, 0.15) is 5.75 Å². The third-order valence-corrected chi connectivity index (χ3v) is 4.51. The Labute approximate surface area is 151 Å². The van der Waals surface area contributed by atoms with Crippen molar-refractivity contribution < 1.29 is 9.53 Å². The van der Waals surface area contributed by atoms with Crippen LogP contribution in [-0.2, 0) is 0 Å². The molecule has 0 aliphatic carbocycles. The first-order chi connectivity index (χ1) is 12.2. The molecule has 3 nitrogen and oxygen atoms in total. The van der Waals surface area contributed by atoms with E-state index in [1.165, 1.54) is 0 Å². The smallest absolute Gasteiger partial charge is 0.165 e. The van der Waals surface area contributed by atoms with Crippen LogP contribution in [0.4, 0.5) is 5.69 Å². The molecule has 0 amide bonds. The number of para-hydroxylation sites is 1. The highest BCUT2D eigenvalue weighted by Gasteiger charge is 2.25. The molecule has 3 aromatic rings. The fourth-order valence-electron chi connectivity index (χ4n) is 3.04. The number of benzene rings is 3. The van der Waals surface area contributed by atoms with Gasteiger partial charge in [-0.05, 0) is 24.3 Å². The molecule has 124 valence electrons. The first-order valence-electron chi connectivity index (χ1n) is 8.12. The zero-order chi connectivity index (χ0) is 17.2. The molecule has 0 bridgehead atoms. The molecule has 0 fully saturated rings. The van der Waals surface area contributed by atoms with Crippen LogP contribution in [0.1, 0.15) is 28.4 Å². The van der Waals surface area contributed by atoms with Crippen LogP contribution < -0.4 is 10.1 Å². The van der Waals surface area contributed by atoms with Gasteiger partial charge in [-0.25, -0.2) is 0 Å². The van der Waals surface area contributed by atoms with E-state index in [1.54, 1.807) is 6.07 Å². The molecule has 1 unspecified atom stereocenters. The van der Waals surface area contributed by atoms with Crippen molar-refractivity contribution in [3.63, 3.8) is 0 Å². The maximum absolute atomic E-state index is 12.7. The fraction of sp³-hybridized carbons (Fsp3) is 0.0952. The minimum absolute atomic E-state index is 0.0818. The van der Waals surface area contributed by atoms with Crippen molar-refractivity contribution in [2.24, 2.45) is 0 Å². The van der Waals surface area contributed by atoms with Gasteiger partial charge in [-0.15, -0.1) is 0 Å². The van der Waals surface area contributed by atoms with E-state index < -0.39 is 0 Å². The van der Waals surface area contributed by atoms with Gasteiger partial charge < -0.3 is 10.1 Å². The molecule has 0 spiro atoms. The molecule has 1 N–H and O–H groups in total. The molecular formula is C21H16ClNO2. The van der Waals surface area contributed by atoms with Crippen LogP contribution >= 0.6 is 11.6 Å². The van der Waals surface area contributed by atoms with E-state index in [2.05, 4.69) is 5.32 Å². The Hall–Kier alpha value is -2.78. The predicted octanol–water partition coefficient (Wildman–Crippen LogP) is 5.87. The molecule has 0 saturated carbocycles. The first-order valence-corrected chi connectivity index (χ1v) is 8.49. The highest BCUT2D eigenvalue weighted by molar-refractivity contribution is 6.30. The highest BCUT2D eigenvalue weighted by atomic mass is 35.5. The average molecular weight is 350 g/mol. The molecule has 1 aliphatic heterocycles. The molecule has 25 heavy (non-hydrogen) atoms. The SMILES string of the molecule is O=C(CC1Nc2cc(Cl)ccc2Oc2ccccc21)c1ccccc1. The van der Waals surface area contributed by atoms with Crippen molar-refractivity contribution >= 4 is 23.1 Å². The van der Waals surface area contributed by atoms with E-state index in [-0.39, 0.29) is 11.8 Å². The average Bonchev–Trinajstić information content (AvgIpc) is 2.79. The molecule has 1 atom stereocenters. The van der Waals surface area contributed by atoms with Crippen molar-refractivity contribution in [3.05, 3.63) is 88.9 Å². The number of nitrogens with one attached hydrogen (secondary N) is 1. The van der Waals surface area contributed by atoms with Crippen LogP contribution in [0.5, 0.6) is 11.5 Å². The molecule has 1 aliphatic rings. The summed E-state index contributed by atoms with van der Waals surface area (Å²) in [5.74, 6) is 1.53. The number of fused-ring (bicyclic) bond motifs is 2. The Morgan fingerprint density at radius 3 is 2.56 bits per heavy atom. The Balaban J connectivity index is 1.71. The zero-order valence-electron chi connectivity index (χ0n) is 13.4. The lowest BCUT2D eigenvalue weighted by Crippen LogP contribution is -2.15. The second-order valence-corrected chi connectivity index (χ2v) is 6.41. The molecule has 4 rings (SSSR count). The number of hydrogen-bond acceptors (Lipinski definition) is 3. The standard InChI is InChI=1S/C21H16ClNO2/c22-15-10-11-21-18(12-15)23-17(16-8-4-5-9-20(16)25-21)13-19(24)14-6-2-1-3-7-14/h1-12,17,23H,13H2. The number of halogens is 1. The minimum atomic E-state index is -0.191. The lowest BCUT2D eigenvalue weighted by Gasteiger charge is -2.18. The second-order valence-electron chi connectivity index (χ2n) is 5.97. The molecule has 1 heterocycles. The van der Waals surface area contributed by atoms with Crippen LogP contribution in [0.2, 0.25) is 5.02 Å². The summed E-state index contributed by atoms with van der Waals surface area (Å²) in [6.07, 6.45) is 0.330. The second kappa shape index (κ2) is 6.61. The number of ether oxygens (including phenoxy) is 1. The summed E-state index contributed by atoms with van der Waals surface area (Å²) < 4.78 is 6.04. The fourth-order valence-corrected chi connectivity index (χ4v) is 3.21. The van der Waals surface area contributed by atoms with E-state index in [0.717, 1.165) is 17.0 Å². The maximum atomic E-state index is 12.7. The van der Waals surface area contributed by atoms with Gasteiger partial charge in [-0.3, -0.25) is 4.79 Å². The Bertz CT molecular complexity index is 924. The third kappa shape index (κ3) is 3.24. The van der Waals surface area contributed by atoms with E-state index in [9.17, 15) is 4.79 Å². The van der Waals surface area contributed by atoms with E-state index in [1.807, 2.05) is 66.7 Å². The monoisotopic (exact) mass is 349 g/mol. The molecule has 0 saturated heterocycles. The van der Waals surface area contributed by atoms with Crippen molar-refractivity contribution in [1.29, 1.82) is 0 Å². The number of anilines is 1. The van der Waals surface area contributed by atoms with Gasteiger partial charge in [0, 0.05) is 22.6 Å². The molecule has 0 aromatic heterocycles. The summed E-state index contributed by atoms with van der Waals surface area (Å²) in [7, 11) is 0. The quantitative estimate of drug-likeness (QED) is 0.601. The first kappa shape index (κ1) is 15.7. The van der Waals surface area contributed by atoms with Gasteiger partial charge in [-0.2, -0.15) is 0 Å². The summed E-state index contributed by atoms with van der Waals surface area (Å²) in [6, 6.07) is 22.4. The van der Waals surface area contributed by atoms with Crippen molar-refractivity contribution in [1.82, 2.24) is 0 Å². The largest absolute Gasteiger partial charge is 0.455 e. The van der Waals surface area contributed by atoms with Crippen LogP contribution in [0.25, 0.3) is 0 Å². The van der Waals surface area contributed by atoms with Gasteiger partial charge in [0.2, 0.25) is 0 Å². The van der Waals surface area contributed by atoms with E-state index in [4.69, 9.17) is 16.3 Å². The summed E-state index contributed by atoms with van der Waals surface area (Å²) in [6.45, 7) is 0. The lowest BCUT2D eigenvalue weighted by atomic mass is 9.97. The van der Waals surface area contributed by atoms with Gasteiger partial charge >= 0.3 is 0 Å². The highest BCUT2D eigenvalue weighted by Crippen LogP contribution is 2.42. The minimum Gasteiger partial charge on any atom is -0.455 e. The van der Waals surface area contributed by atoms with Crippen LogP contribution in [0.15, 0.2) is 72.8 Å². The number of carbonyl (C=O) groups excluding carboxylic acids is 1. The van der Waals surface area contributed by atoms with E-state index >= 15 is 0 Å².